The van der Waals surface area contributed by atoms with Gasteiger partial charge in [0.2, 0.25) is 0 Å². The first-order valence-electron chi connectivity index (χ1n) is 9.50. The summed E-state index contributed by atoms with van der Waals surface area (Å²) in [7, 11) is 0. The zero-order chi connectivity index (χ0) is 17.9. The maximum atomic E-state index is 12.7. The molecule has 2 aliphatic heterocycles. The van der Waals surface area contributed by atoms with E-state index in [2.05, 4.69) is 10.4 Å². The monoisotopic (exact) mass is 358 g/mol. The average molecular weight is 358 g/mol. The van der Waals surface area contributed by atoms with Crippen LogP contribution in [0.3, 0.4) is 0 Å². The molecule has 0 radical (unpaired) electrons. The van der Waals surface area contributed by atoms with Crippen LogP contribution in [0, 0.1) is 5.92 Å². The van der Waals surface area contributed by atoms with Gasteiger partial charge >= 0.3 is 5.69 Å². The molecule has 26 heavy (non-hydrogen) atoms. The summed E-state index contributed by atoms with van der Waals surface area (Å²) in [6, 6.07) is 7.61. The van der Waals surface area contributed by atoms with E-state index < -0.39 is 0 Å². The van der Waals surface area contributed by atoms with Crippen molar-refractivity contribution in [2.24, 2.45) is 5.92 Å². The summed E-state index contributed by atoms with van der Waals surface area (Å²) in [5.41, 5.74) is -0.0566. The van der Waals surface area contributed by atoms with Gasteiger partial charge in [-0.2, -0.15) is 5.10 Å². The van der Waals surface area contributed by atoms with Gasteiger partial charge in [0.15, 0.2) is 17.6 Å². The van der Waals surface area contributed by atoms with Crippen molar-refractivity contribution in [3.63, 3.8) is 0 Å². The van der Waals surface area contributed by atoms with Crippen LogP contribution in [0.4, 0.5) is 0 Å². The van der Waals surface area contributed by atoms with E-state index in [4.69, 9.17) is 9.47 Å². The number of rotatable bonds is 5. The van der Waals surface area contributed by atoms with Crippen molar-refractivity contribution in [2.75, 3.05) is 19.7 Å². The highest BCUT2D eigenvalue weighted by Gasteiger charge is 2.24. The Morgan fingerprint density at radius 3 is 2.77 bits per heavy atom. The molecular weight excluding hydrogens is 332 g/mol. The zero-order valence-corrected chi connectivity index (χ0v) is 15.2. The molecule has 2 aliphatic rings. The van der Waals surface area contributed by atoms with Crippen LogP contribution in [-0.4, -0.2) is 40.1 Å². The van der Waals surface area contributed by atoms with E-state index in [1.54, 1.807) is 9.25 Å². The highest BCUT2D eigenvalue weighted by atomic mass is 16.6. The van der Waals surface area contributed by atoms with Gasteiger partial charge in [-0.1, -0.05) is 12.1 Å². The molecule has 0 saturated carbocycles. The summed E-state index contributed by atoms with van der Waals surface area (Å²) in [5, 5.41) is 8.02. The first-order valence-corrected chi connectivity index (χ1v) is 9.50. The molecule has 2 aromatic rings. The lowest BCUT2D eigenvalue weighted by molar-refractivity contribution is 0.0748. The molecule has 1 aromatic heterocycles. The van der Waals surface area contributed by atoms with Crippen LogP contribution >= 0.6 is 0 Å². The lowest BCUT2D eigenvalue weighted by Crippen LogP contribution is -2.37. The third-order valence-corrected chi connectivity index (χ3v) is 5.19. The second-order valence-electron chi connectivity index (χ2n) is 7.02. The van der Waals surface area contributed by atoms with E-state index in [0.29, 0.717) is 25.6 Å². The fourth-order valence-corrected chi connectivity index (χ4v) is 3.76. The second-order valence-corrected chi connectivity index (χ2v) is 7.02. The Balaban J connectivity index is 1.49. The summed E-state index contributed by atoms with van der Waals surface area (Å²) >= 11 is 0. The van der Waals surface area contributed by atoms with Crippen LogP contribution in [0.5, 0.6) is 11.5 Å². The Morgan fingerprint density at radius 2 is 2.00 bits per heavy atom. The predicted octanol–water partition coefficient (Wildman–Crippen LogP) is 1.45. The highest BCUT2D eigenvalue weighted by molar-refractivity contribution is 5.40. The van der Waals surface area contributed by atoms with Crippen LogP contribution in [0.2, 0.25) is 0 Å². The lowest BCUT2D eigenvalue weighted by Gasteiger charge is -2.26. The Hall–Kier alpha value is -2.28. The van der Waals surface area contributed by atoms with E-state index in [0.717, 1.165) is 49.7 Å². The van der Waals surface area contributed by atoms with E-state index >= 15 is 0 Å². The number of nitrogens with one attached hydrogen (secondary N) is 1. The maximum absolute atomic E-state index is 12.7. The van der Waals surface area contributed by atoms with Crippen molar-refractivity contribution in [3.05, 3.63) is 40.6 Å². The number of fused-ring (bicyclic) bond motifs is 1. The van der Waals surface area contributed by atoms with Crippen LogP contribution in [0.1, 0.15) is 25.6 Å². The molecule has 1 aromatic carbocycles. The molecule has 0 amide bonds. The molecule has 7 nitrogen and oxygen atoms in total. The summed E-state index contributed by atoms with van der Waals surface area (Å²) in [6.07, 6.45) is 2.93. The largest absolute Gasteiger partial charge is 0.486 e. The van der Waals surface area contributed by atoms with Gasteiger partial charge in [-0.3, -0.25) is 4.57 Å². The molecule has 0 aliphatic carbocycles. The normalized spacial score (nSPS) is 20.3. The van der Waals surface area contributed by atoms with Gasteiger partial charge in [-0.05, 0) is 50.9 Å². The molecule has 1 atom stereocenters. The van der Waals surface area contributed by atoms with E-state index in [1.807, 2.05) is 31.2 Å². The third-order valence-electron chi connectivity index (χ3n) is 5.19. The predicted molar refractivity (Wildman–Crippen MR) is 97.8 cm³/mol. The zero-order valence-electron chi connectivity index (χ0n) is 15.2. The van der Waals surface area contributed by atoms with Gasteiger partial charge in [0.25, 0.3) is 0 Å². The SMILES string of the molecule is CCn1c(CC2CCNCC2)nn(CC2COc3ccccc3O2)c1=O. The first kappa shape index (κ1) is 17.1. The molecular formula is C19H26N4O3. The molecule has 7 heteroatoms. The number of benzene rings is 1. The Bertz CT molecular complexity index is 807. The first-order chi connectivity index (χ1) is 12.7. The van der Waals surface area contributed by atoms with Gasteiger partial charge in [-0.25, -0.2) is 9.48 Å². The quantitative estimate of drug-likeness (QED) is 0.876. The van der Waals surface area contributed by atoms with E-state index in [-0.39, 0.29) is 11.8 Å². The van der Waals surface area contributed by atoms with Crippen molar-refractivity contribution < 1.29 is 9.47 Å². The van der Waals surface area contributed by atoms with Crippen LogP contribution in [0.25, 0.3) is 0 Å². The van der Waals surface area contributed by atoms with Gasteiger partial charge < -0.3 is 14.8 Å². The molecule has 3 heterocycles. The summed E-state index contributed by atoms with van der Waals surface area (Å²) in [4.78, 5) is 12.7. The fraction of sp³-hybridized carbons (Fsp3) is 0.579. The molecule has 1 unspecified atom stereocenters. The van der Waals surface area contributed by atoms with E-state index in [9.17, 15) is 4.79 Å². The number of nitrogens with zero attached hydrogens (tertiary/aromatic N) is 3. The van der Waals surface area contributed by atoms with Gasteiger partial charge in [0, 0.05) is 13.0 Å². The standard InChI is InChI=1S/C19H26N4O3/c1-2-22-18(11-14-7-9-20-10-8-14)21-23(19(22)24)12-15-13-25-16-5-3-4-6-17(16)26-15/h3-6,14-15,20H,2,7-13H2,1H3. The van der Waals surface area contributed by atoms with E-state index in [1.165, 1.54) is 0 Å². The summed E-state index contributed by atoms with van der Waals surface area (Å²) in [6.45, 7) is 5.56. The molecule has 140 valence electrons. The summed E-state index contributed by atoms with van der Waals surface area (Å²) < 4.78 is 15.1. The maximum Gasteiger partial charge on any atom is 0.346 e. The number of para-hydroxylation sites is 2. The average Bonchev–Trinajstić information content (AvgIpc) is 2.96. The fourth-order valence-electron chi connectivity index (χ4n) is 3.76. The van der Waals surface area contributed by atoms with Crippen LogP contribution in [-0.2, 0) is 19.5 Å². The number of aromatic nitrogens is 3. The number of hydrogen-bond acceptors (Lipinski definition) is 5. The molecule has 1 fully saturated rings. The van der Waals surface area contributed by atoms with Gasteiger partial charge in [-0.15, -0.1) is 0 Å². The highest BCUT2D eigenvalue weighted by Crippen LogP contribution is 2.31. The topological polar surface area (TPSA) is 70.3 Å². The van der Waals surface area contributed by atoms with Crippen LogP contribution < -0.4 is 20.5 Å². The molecule has 1 N–H and O–H groups in total. The van der Waals surface area contributed by atoms with Crippen molar-refractivity contribution in [3.8, 4) is 11.5 Å². The van der Waals surface area contributed by atoms with Gasteiger partial charge in [0.1, 0.15) is 12.4 Å². The Kier molecular flexibility index (Phi) is 4.97. The molecule has 0 bridgehead atoms. The smallest absolute Gasteiger partial charge is 0.346 e. The molecule has 1 saturated heterocycles. The van der Waals surface area contributed by atoms with Crippen molar-refractivity contribution >= 4 is 0 Å². The third kappa shape index (κ3) is 3.49. The minimum absolute atomic E-state index is 0.0566. The second kappa shape index (κ2) is 7.53. The minimum atomic E-state index is -0.213. The number of ether oxygens (including phenoxy) is 2. The molecule has 0 spiro atoms. The van der Waals surface area contributed by atoms with Crippen molar-refractivity contribution in [2.45, 2.75) is 45.4 Å². The Morgan fingerprint density at radius 1 is 1.23 bits per heavy atom. The number of hydrogen-bond donors (Lipinski definition) is 1. The number of piperidine rings is 1. The Labute approximate surface area is 152 Å². The van der Waals surface area contributed by atoms with Gasteiger partial charge in [0.05, 0.1) is 6.54 Å². The van der Waals surface area contributed by atoms with Crippen molar-refractivity contribution in [1.82, 2.24) is 19.7 Å². The van der Waals surface area contributed by atoms with Crippen LogP contribution in [0.15, 0.2) is 29.1 Å². The van der Waals surface area contributed by atoms with Crippen molar-refractivity contribution in [1.29, 1.82) is 0 Å². The lowest BCUT2D eigenvalue weighted by atomic mass is 9.94. The molecule has 4 rings (SSSR count). The minimum Gasteiger partial charge on any atom is -0.486 e. The summed E-state index contributed by atoms with van der Waals surface area (Å²) in [5.74, 6) is 2.96.